The van der Waals surface area contributed by atoms with Gasteiger partial charge in [0.05, 0.1) is 28.0 Å². The Labute approximate surface area is 192 Å². The normalized spacial score (nSPS) is 13.5. The largest absolute Gasteiger partial charge is 0.472 e. The van der Waals surface area contributed by atoms with E-state index in [1.165, 1.54) is 42.4 Å². The third kappa shape index (κ3) is 4.62. The molecule has 178 valence electrons. The van der Waals surface area contributed by atoms with Crippen LogP contribution >= 0.6 is 0 Å². The number of rotatable bonds is 5. The van der Waals surface area contributed by atoms with E-state index in [1.54, 1.807) is 0 Å². The molecule has 0 saturated heterocycles. The molecule has 2 amide bonds. The average molecular weight is 493 g/mol. The Morgan fingerprint density at radius 2 is 1.85 bits per heavy atom. The van der Waals surface area contributed by atoms with Gasteiger partial charge in [-0.15, -0.1) is 0 Å². The Bertz CT molecular complexity index is 1370. The molecule has 12 heteroatoms. The van der Waals surface area contributed by atoms with E-state index in [1.807, 2.05) is 4.72 Å². The fourth-order valence-electron chi connectivity index (χ4n) is 3.62. The van der Waals surface area contributed by atoms with Crippen LogP contribution in [0, 0.1) is 0 Å². The molecule has 3 aromatic rings. The molecule has 1 aliphatic heterocycles. The van der Waals surface area contributed by atoms with Crippen molar-refractivity contribution in [3.8, 4) is 0 Å². The zero-order valence-corrected chi connectivity index (χ0v) is 18.5. The maximum atomic E-state index is 13.7. The summed E-state index contributed by atoms with van der Waals surface area (Å²) in [5.74, 6) is -0.879. The van der Waals surface area contributed by atoms with Gasteiger partial charge in [-0.3, -0.25) is 14.3 Å². The van der Waals surface area contributed by atoms with Gasteiger partial charge in [-0.25, -0.2) is 8.42 Å². The Kier molecular flexibility index (Phi) is 5.86. The molecule has 0 unspecified atom stereocenters. The first kappa shape index (κ1) is 23.4. The summed E-state index contributed by atoms with van der Waals surface area (Å²) in [7, 11) is -4.38. The standard InChI is InChI=1S/C22H18F3N3O5S/c1-13(29)28-8-6-14-10-17(3-5-20(14)28)34(31,32)27-19-4-2-16(11-18(19)22(23,24)25)26-21(30)15-7-9-33-12-15/h2-5,7,9-12,27H,6,8H2,1H3,(H,26,30). The molecule has 1 aliphatic rings. The second-order valence-corrected chi connectivity index (χ2v) is 9.22. The maximum absolute atomic E-state index is 13.7. The molecule has 4 rings (SSSR count). The Morgan fingerprint density at radius 1 is 1.09 bits per heavy atom. The minimum absolute atomic E-state index is 0.110. The van der Waals surface area contributed by atoms with Gasteiger partial charge >= 0.3 is 6.18 Å². The van der Waals surface area contributed by atoms with Gasteiger partial charge in [0.15, 0.2) is 0 Å². The van der Waals surface area contributed by atoms with Gasteiger partial charge in [-0.1, -0.05) is 0 Å². The van der Waals surface area contributed by atoms with Gasteiger partial charge < -0.3 is 14.6 Å². The second-order valence-electron chi connectivity index (χ2n) is 7.54. The molecule has 0 radical (unpaired) electrons. The zero-order valence-electron chi connectivity index (χ0n) is 17.6. The number of furan rings is 1. The number of amides is 2. The lowest BCUT2D eigenvalue weighted by Crippen LogP contribution is -2.25. The number of nitrogens with zero attached hydrogens (tertiary/aromatic N) is 1. The third-order valence-corrected chi connectivity index (χ3v) is 6.61. The lowest BCUT2D eigenvalue weighted by Gasteiger charge is -2.17. The average Bonchev–Trinajstić information content (AvgIpc) is 3.43. The first-order valence-electron chi connectivity index (χ1n) is 9.94. The first-order valence-corrected chi connectivity index (χ1v) is 11.4. The molecule has 0 spiro atoms. The van der Waals surface area contributed by atoms with Crippen LogP contribution in [0.2, 0.25) is 0 Å². The number of fused-ring (bicyclic) bond motifs is 1. The molecule has 1 aromatic heterocycles. The number of hydrogen-bond acceptors (Lipinski definition) is 5. The highest BCUT2D eigenvalue weighted by Crippen LogP contribution is 2.38. The van der Waals surface area contributed by atoms with E-state index in [4.69, 9.17) is 4.42 Å². The summed E-state index contributed by atoms with van der Waals surface area (Å²) >= 11 is 0. The van der Waals surface area contributed by atoms with Gasteiger partial charge in [0.1, 0.15) is 6.26 Å². The van der Waals surface area contributed by atoms with Crippen LogP contribution in [0.15, 0.2) is 64.3 Å². The maximum Gasteiger partial charge on any atom is 0.418 e. The quantitative estimate of drug-likeness (QED) is 0.552. The number of anilines is 3. The summed E-state index contributed by atoms with van der Waals surface area (Å²) < 4.78 is 73.7. The molecular weight excluding hydrogens is 475 g/mol. The molecule has 34 heavy (non-hydrogen) atoms. The highest BCUT2D eigenvalue weighted by atomic mass is 32.2. The molecular formula is C22H18F3N3O5S. The summed E-state index contributed by atoms with van der Waals surface area (Å²) in [5, 5.41) is 2.31. The van der Waals surface area contributed by atoms with Crippen molar-refractivity contribution in [2.45, 2.75) is 24.4 Å². The lowest BCUT2D eigenvalue weighted by molar-refractivity contribution is -0.136. The highest BCUT2D eigenvalue weighted by Gasteiger charge is 2.35. The minimum Gasteiger partial charge on any atom is -0.472 e. The Hall–Kier alpha value is -3.80. The Morgan fingerprint density at radius 3 is 2.50 bits per heavy atom. The number of halogens is 3. The number of hydrogen-bond donors (Lipinski definition) is 2. The summed E-state index contributed by atoms with van der Waals surface area (Å²) in [4.78, 5) is 25.1. The van der Waals surface area contributed by atoms with Crippen molar-refractivity contribution in [1.82, 2.24) is 0 Å². The van der Waals surface area contributed by atoms with Crippen molar-refractivity contribution in [3.63, 3.8) is 0 Å². The monoisotopic (exact) mass is 493 g/mol. The number of benzene rings is 2. The highest BCUT2D eigenvalue weighted by molar-refractivity contribution is 7.92. The van der Waals surface area contributed by atoms with Crippen molar-refractivity contribution in [2.75, 3.05) is 21.5 Å². The van der Waals surface area contributed by atoms with E-state index in [0.717, 1.165) is 18.4 Å². The van der Waals surface area contributed by atoms with Crippen LogP contribution in [0.1, 0.15) is 28.4 Å². The fourth-order valence-corrected chi connectivity index (χ4v) is 4.75. The lowest BCUT2D eigenvalue weighted by atomic mass is 10.1. The predicted octanol–water partition coefficient (Wildman–Crippen LogP) is 4.26. The number of carbonyl (C=O) groups excluding carboxylic acids is 2. The minimum atomic E-state index is -4.91. The van der Waals surface area contributed by atoms with E-state index in [2.05, 4.69) is 5.32 Å². The van der Waals surface area contributed by atoms with E-state index in [9.17, 15) is 31.2 Å². The molecule has 0 atom stereocenters. The molecule has 2 N–H and O–H groups in total. The van der Waals surface area contributed by atoms with Gasteiger partial charge in [-0.2, -0.15) is 13.2 Å². The van der Waals surface area contributed by atoms with Crippen LogP contribution in [0.5, 0.6) is 0 Å². The molecule has 8 nitrogen and oxygen atoms in total. The third-order valence-electron chi connectivity index (χ3n) is 5.25. The fraction of sp³-hybridized carbons (Fsp3) is 0.182. The molecule has 2 heterocycles. The van der Waals surface area contributed by atoms with Crippen LogP contribution < -0.4 is 14.9 Å². The van der Waals surface area contributed by atoms with Gasteiger partial charge in [-0.05, 0) is 54.4 Å². The van der Waals surface area contributed by atoms with Crippen molar-refractivity contribution in [1.29, 1.82) is 0 Å². The van der Waals surface area contributed by atoms with Crippen molar-refractivity contribution < 1.29 is 35.6 Å². The number of sulfonamides is 1. The molecule has 0 bridgehead atoms. The SMILES string of the molecule is CC(=O)N1CCc2cc(S(=O)(=O)Nc3ccc(NC(=O)c4ccoc4)cc3C(F)(F)F)ccc21. The van der Waals surface area contributed by atoms with Gasteiger partial charge in [0, 0.05) is 24.8 Å². The smallest absolute Gasteiger partial charge is 0.418 e. The number of alkyl halides is 3. The topological polar surface area (TPSA) is 109 Å². The van der Waals surface area contributed by atoms with Gasteiger partial charge in [0.2, 0.25) is 5.91 Å². The molecule has 0 saturated carbocycles. The molecule has 2 aromatic carbocycles. The van der Waals surface area contributed by atoms with Crippen LogP contribution in [0.4, 0.5) is 30.2 Å². The van der Waals surface area contributed by atoms with Crippen molar-refractivity contribution >= 4 is 38.9 Å². The van der Waals surface area contributed by atoms with Gasteiger partial charge in [0.25, 0.3) is 15.9 Å². The van der Waals surface area contributed by atoms with Crippen molar-refractivity contribution in [3.05, 3.63) is 71.7 Å². The number of carbonyl (C=O) groups is 2. The van der Waals surface area contributed by atoms with Crippen LogP contribution in [0.3, 0.4) is 0 Å². The van der Waals surface area contributed by atoms with Crippen molar-refractivity contribution in [2.24, 2.45) is 0 Å². The molecule has 0 fully saturated rings. The van der Waals surface area contributed by atoms with Crippen LogP contribution in [-0.2, 0) is 27.4 Å². The summed E-state index contributed by atoms with van der Waals surface area (Å²) in [6.45, 7) is 1.78. The Balaban J connectivity index is 1.62. The number of nitrogens with one attached hydrogen (secondary N) is 2. The first-order chi connectivity index (χ1) is 16.0. The van der Waals surface area contributed by atoms with E-state index in [-0.39, 0.29) is 22.1 Å². The zero-order chi connectivity index (χ0) is 24.7. The van der Waals surface area contributed by atoms with E-state index in [0.29, 0.717) is 30.3 Å². The second kappa shape index (κ2) is 8.52. The van der Waals surface area contributed by atoms with E-state index >= 15 is 0 Å². The van der Waals surface area contributed by atoms with Crippen LogP contribution in [-0.4, -0.2) is 26.8 Å². The summed E-state index contributed by atoms with van der Waals surface area (Å²) in [6, 6.07) is 8.09. The molecule has 0 aliphatic carbocycles. The van der Waals surface area contributed by atoms with E-state index < -0.39 is 33.4 Å². The van der Waals surface area contributed by atoms with Crippen LogP contribution in [0.25, 0.3) is 0 Å². The summed E-state index contributed by atoms with van der Waals surface area (Å²) in [5.41, 5.74) is -0.863. The summed E-state index contributed by atoms with van der Waals surface area (Å²) in [6.07, 6.45) is -2.11. The predicted molar refractivity (Wildman–Crippen MR) is 117 cm³/mol.